The van der Waals surface area contributed by atoms with Crippen LogP contribution in [-0.2, 0) is 21.2 Å². The third-order valence-corrected chi connectivity index (χ3v) is 5.37. The van der Waals surface area contributed by atoms with Crippen LogP contribution in [0.3, 0.4) is 0 Å². The SMILES string of the molecule is NS(=O)(=O)c1ccc(CCNC(=O)C2CNNC2c2ccccc2)cc1. The topological polar surface area (TPSA) is 113 Å². The lowest BCUT2D eigenvalue weighted by atomic mass is 9.94. The Morgan fingerprint density at radius 2 is 1.81 bits per heavy atom. The van der Waals surface area contributed by atoms with Gasteiger partial charge in [0.05, 0.1) is 16.9 Å². The second kappa shape index (κ2) is 7.96. The largest absolute Gasteiger partial charge is 0.355 e. The zero-order valence-electron chi connectivity index (χ0n) is 14.2. The number of hydrogen-bond acceptors (Lipinski definition) is 5. The molecule has 3 rings (SSSR count). The molecule has 1 saturated heterocycles. The highest BCUT2D eigenvalue weighted by Gasteiger charge is 2.33. The van der Waals surface area contributed by atoms with Gasteiger partial charge in [0.1, 0.15) is 0 Å². The summed E-state index contributed by atoms with van der Waals surface area (Å²) in [6.07, 6.45) is 0.611. The van der Waals surface area contributed by atoms with Gasteiger partial charge in [0.15, 0.2) is 0 Å². The van der Waals surface area contributed by atoms with Crippen molar-refractivity contribution in [3.63, 3.8) is 0 Å². The van der Waals surface area contributed by atoms with Crippen LogP contribution < -0.4 is 21.3 Å². The number of hydrazine groups is 1. The van der Waals surface area contributed by atoms with Crippen molar-refractivity contribution in [3.05, 3.63) is 65.7 Å². The van der Waals surface area contributed by atoms with E-state index in [1.165, 1.54) is 12.1 Å². The Balaban J connectivity index is 1.54. The monoisotopic (exact) mass is 374 g/mol. The number of nitrogens with two attached hydrogens (primary N) is 1. The molecule has 2 atom stereocenters. The van der Waals surface area contributed by atoms with Crippen LogP contribution in [0, 0.1) is 5.92 Å². The number of carbonyl (C=O) groups is 1. The second-order valence-electron chi connectivity index (χ2n) is 6.25. The minimum absolute atomic E-state index is 0.0162. The summed E-state index contributed by atoms with van der Waals surface area (Å²) in [5.74, 6) is -0.209. The van der Waals surface area contributed by atoms with Crippen LogP contribution >= 0.6 is 0 Å². The number of carbonyl (C=O) groups excluding carboxylic acids is 1. The maximum absolute atomic E-state index is 12.5. The molecule has 1 amide bonds. The Morgan fingerprint density at radius 1 is 1.12 bits per heavy atom. The Kier molecular flexibility index (Phi) is 5.67. The molecule has 1 aliphatic heterocycles. The third-order valence-electron chi connectivity index (χ3n) is 4.44. The smallest absolute Gasteiger partial charge is 0.238 e. The highest BCUT2D eigenvalue weighted by molar-refractivity contribution is 7.89. The van der Waals surface area contributed by atoms with Gasteiger partial charge in [0, 0.05) is 13.1 Å². The Hall–Kier alpha value is -2.26. The van der Waals surface area contributed by atoms with E-state index >= 15 is 0 Å². The third kappa shape index (κ3) is 4.47. The van der Waals surface area contributed by atoms with Crippen LogP contribution in [-0.4, -0.2) is 27.4 Å². The van der Waals surface area contributed by atoms with Gasteiger partial charge in [0.2, 0.25) is 15.9 Å². The number of nitrogens with one attached hydrogen (secondary N) is 3. The molecule has 0 aliphatic carbocycles. The van der Waals surface area contributed by atoms with Gasteiger partial charge in [0.25, 0.3) is 0 Å². The van der Waals surface area contributed by atoms with E-state index in [1.54, 1.807) is 12.1 Å². The Labute approximate surface area is 153 Å². The first-order valence-corrected chi connectivity index (χ1v) is 9.92. The molecule has 2 unspecified atom stereocenters. The predicted molar refractivity (Wildman–Crippen MR) is 98.3 cm³/mol. The van der Waals surface area contributed by atoms with Crippen LogP contribution in [0.5, 0.6) is 0 Å². The number of sulfonamides is 1. The molecule has 5 N–H and O–H groups in total. The molecule has 1 aliphatic rings. The minimum Gasteiger partial charge on any atom is -0.355 e. The first-order valence-electron chi connectivity index (χ1n) is 8.38. The molecule has 0 radical (unpaired) electrons. The molecule has 1 heterocycles. The van der Waals surface area contributed by atoms with Crippen molar-refractivity contribution < 1.29 is 13.2 Å². The van der Waals surface area contributed by atoms with Crippen molar-refractivity contribution >= 4 is 15.9 Å². The molecule has 2 aromatic carbocycles. The van der Waals surface area contributed by atoms with Gasteiger partial charge in [-0.3, -0.25) is 10.2 Å². The maximum atomic E-state index is 12.5. The number of benzene rings is 2. The minimum atomic E-state index is -3.68. The fourth-order valence-electron chi connectivity index (χ4n) is 3.02. The van der Waals surface area contributed by atoms with Crippen molar-refractivity contribution in [3.8, 4) is 0 Å². The molecule has 8 heteroatoms. The number of rotatable bonds is 6. The Bertz CT molecular complexity index is 854. The molecule has 26 heavy (non-hydrogen) atoms. The summed E-state index contributed by atoms with van der Waals surface area (Å²) in [5.41, 5.74) is 8.20. The highest BCUT2D eigenvalue weighted by atomic mass is 32.2. The van der Waals surface area contributed by atoms with Gasteiger partial charge >= 0.3 is 0 Å². The first kappa shape index (κ1) is 18.5. The second-order valence-corrected chi connectivity index (χ2v) is 7.81. The molecule has 0 bridgehead atoms. The van der Waals surface area contributed by atoms with E-state index < -0.39 is 10.0 Å². The first-order chi connectivity index (χ1) is 12.4. The fraction of sp³-hybridized carbons (Fsp3) is 0.278. The van der Waals surface area contributed by atoms with Crippen LogP contribution in [0.25, 0.3) is 0 Å². The summed E-state index contributed by atoms with van der Waals surface area (Å²) in [5, 5.41) is 8.04. The lowest BCUT2D eigenvalue weighted by molar-refractivity contribution is -0.124. The normalized spacial score (nSPS) is 20.0. The van der Waals surface area contributed by atoms with Crippen LogP contribution in [0.15, 0.2) is 59.5 Å². The average Bonchev–Trinajstić information content (AvgIpc) is 3.12. The molecule has 0 spiro atoms. The van der Waals surface area contributed by atoms with E-state index in [4.69, 9.17) is 5.14 Å². The van der Waals surface area contributed by atoms with E-state index in [0.29, 0.717) is 19.5 Å². The van der Waals surface area contributed by atoms with Crippen LogP contribution in [0.2, 0.25) is 0 Å². The molecule has 1 fully saturated rings. The van der Waals surface area contributed by atoms with Gasteiger partial charge in [-0.15, -0.1) is 0 Å². The maximum Gasteiger partial charge on any atom is 0.238 e. The van der Waals surface area contributed by atoms with E-state index in [1.807, 2.05) is 30.3 Å². The summed E-state index contributed by atoms with van der Waals surface area (Å²) in [6.45, 7) is 1.04. The zero-order valence-corrected chi connectivity index (χ0v) is 15.0. The number of primary sulfonamides is 1. The van der Waals surface area contributed by atoms with Crippen molar-refractivity contribution in [2.75, 3.05) is 13.1 Å². The van der Waals surface area contributed by atoms with Gasteiger partial charge < -0.3 is 5.32 Å². The van der Waals surface area contributed by atoms with E-state index in [-0.39, 0.29) is 22.8 Å². The summed E-state index contributed by atoms with van der Waals surface area (Å²) >= 11 is 0. The van der Waals surface area contributed by atoms with Crippen molar-refractivity contribution in [2.45, 2.75) is 17.4 Å². The van der Waals surface area contributed by atoms with E-state index in [2.05, 4.69) is 16.2 Å². The summed E-state index contributed by atoms with van der Waals surface area (Å²) in [6, 6.07) is 16.1. The van der Waals surface area contributed by atoms with Gasteiger partial charge in [-0.25, -0.2) is 19.0 Å². The van der Waals surface area contributed by atoms with Crippen LogP contribution in [0.1, 0.15) is 17.2 Å². The zero-order chi connectivity index (χ0) is 18.6. The lowest BCUT2D eigenvalue weighted by Crippen LogP contribution is -2.36. The van der Waals surface area contributed by atoms with E-state index in [0.717, 1.165) is 11.1 Å². The lowest BCUT2D eigenvalue weighted by Gasteiger charge is -2.18. The molecule has 7 nitrogen and oxygen atoms in total. The molecule has 138 valence electrons. The standard InChI is InChI=1S/C18H22N4O3S/c19-26(24,25)15-8-6-13(7-9-15)10-11-20-18(23)16-12-21-22-17(16)14-4-2-1-3-5-14/h1-9,16-17,21-22H,10-12H2,(H,20,23)(H2,19,24,25). The van der Waals surface area contributed by atoms with Crippen molar-refractivity contribution in [1.29, 1.82) is 0 Å². The molecule has 2 aromatic rings. The van der Waals surface area contributed by atoms with Crippen molar-refractivity contribution in [1.82, 2.24) is 16.2 Å². The summed E-state index contributed by atoms with van der Waals surface area (Å²) in [4.78, 5) is 12.6. The Morgan fingerprint density at radius 3 is 2.46 bits per heavy atom. The summed E-state index contributed by atoms with van der Waals surface area (Å²) < 4.78 is 22.5. The van der Waals surface area contributed by atoms with Crippen LogP contribution in [0.4, 0.5) is 0 Å². The number of amides is 1. The van der Waals surface area contributed by atoms with Gasteiger partial charge in [-0.05, 0) is 29.7 Å². The molecular formula is C18H22N4O3S. The van der Waals surface area contributed by atoms with Crippen molar-refractivity contribution in [2.24, 2.45) is 11.1 Å². The molecule has 0 saturated carbocycles. The van der Waals surface area contributed by atoms with Gasteiger partial charge in [-0.1, -0.05) is 42.5 Å². The highest BCUT2D eigenvalue weighted by Crippen LogP contribution is 2.24. The van der Waals surface area contributed by atoms with E-state index in [9.17, 15) is 13.2 Å². The quantitative estimate of drug-likeness (QED) is 0.587. The molecular weight excluding hydrogens is 352 g/mol. The average molecular weight is 374 g/mol. The predicted octanol–water partition coefficient (Wildman–Crippen LogP) is 0.458. The number of hydrogen-bond donors (Lipinski definition) is 4. The van der Waals surface area contributed by atoms with Gasteiger partial charge in [-0.2, -0.15) is 0 Å². The molecule has 0 aromatic heterocycles. The summed E-state index contributed by atoms with van der Waals surface area (Å²) in [7, 11) is -3.68. The fourth-order valence-corrected chi connectivity index (χ4v) is 3.54.